The van der Waals surface area contributed by atoms with Gasteiger partial charge in [0.15, 0.2) is 0 Å². The summed E-state index contributed by atoms with van der Waals surface area (Å²) in [5, 5.41) is 33.1. The van der Waals surface area contributed by atoms with Gasteiger partial charge in [-0.15, -0.1) is 10.2 Å². The van der Waals surface area contributed by atoms with Gasteiger partial charge in [-0.05, 0) is 53.9 Å². The van der Waals surface area contributed by atoms with Gasteiger partial charge in [0.25, 0.3) is 5.91 Å². The summed E-state index contributed by atoms with van der Waals surface area (Å²) in [7, 11) is 0. The lowest BCUT2D eigenvalue weighted by Crippen LogP contribution is -2.12. The van der Waals surface area contributed by atoms with Gasteiger partial charge in [0.1, 0.15) is 17.2 Å². The maximum absolute atomic E-state index is 12.6. The molecule has 3 N–H and O–H groups in total. The number of para-hydroxylation sites is 1. The summed E-state index contributed by atoms with van der Waals surface area (Å²) in [4.78, 5) is 12.6. The summed E-state index contributed by atoms with van der Waals surface area (Å²) in [6.07, 6.45) is 0. The molecule has 0 radical (unpaired) electrons. The molecule has 0 aromatic heterocycles. The Morgan fingerprint density at radius 2 is 1.57 bits per heavy atom. The molecule has 0 saturated carbocycles. The van der Waals surface area contributed by atoms with Crippen molar-refractivity contribution in [1.82, 2.24) is 0 Å². The molecule has 0 unspecified atom stereocenters. The van der Waals surface area contributed by atoms with Crippen molar-refractivity contribution in [2.75, 3.05) is 5.32 Å². The number of anilines is 1. The van der Waals surface area contributed by atoms with Crippen LogP contribution in [0.5, 0.6) is 11.5 Å². The van der Waals surface area contributed by atoms with Gasteiger partial charge < -0.3 is 15.5 Å². The molecule has 148 valence electrons. The fourth-order valence-electron chi connectivity index (χ4n) is 2.97. The molecule has 7 heteroatoms. The van der Waals surface area contributed by atoms with Gasteiger partial charge >= 0.3 is 0 Å². The third-order valence-electron chi connectivity index (χ3n) is 4.45. The van der Waals surface area contributed by atoms with Crippen molar-refractivity contribution < 1.29 is 15.0 Å². The van der Waals surface area contributed by atoms with Gasteiger partial charge in [0.2, 0.25) is 0 Å². The van der Waals surface area contributed by atoms with Crippen molar-refractivity contribution in [2.24, 2.45) is 10.2 Å². The number of fused-ring (bicyclic) bond motifs is 1. The quantitative estimate of drug-likeness (QED) is 0.327. The smallest absolute Gasteiger partial charge is 0.259 e. The van der Waals surface area contributed by atoms with Crippen LogP contribution in [0.3, 0.4) is 0 Å². The van der Waals surface area contributed by atoms with Gasteiger partial charge in [-0.3, -0.25) is 4.79 Å². The van der Waals surface area contributed by atoms with E-state index in [-0.39, 0.29) is 22.7 Å². The van der Waals surface area contributed by atoms with E-state index in [9.17, 15) is 15.0 Å². The number of halogens is 1. The Morgan fingerprint density at radius 3 is 2.37 bits per heavy atom. The molecular weight excluding hydrogens is 402 g/mol. The molecular formula is C23H16ClN3O3. The van der Waals surface area contributed by atoms with E-state index in [1.165, 1.54) is 18.2 Å². The van der Waals surface area contributed by atoms with Crippen LogP contribution < -0.4 is 5.32 Å². The third kappa shape index (κ3) is 4.09. The van der Waals surface area contributed by atoms with Crippen molar-refractivity contribution in [1.29, 1.82) is 0 Å². The van der Waals surface area contributed by atoms with E-state index in [0.717, 1.165) is 0 Å². The van der Waals surface area contributed by atoms with Crippen molar-refractivity contribution in [3.8, 4) is 11.5 Å². The molecule has 0 aliphatic rings. The predicted molar refractivity (Wildman–Crippen MR) is 117 cm³/mol. The number of carbonyl (C=O) groups excluding carboxylic acids is 1. The molecule has 1 amide bonds. The lowest BCUT2D eigenvalue weighted by Gasteiger charge is -2.09. The normalized spacial score (nSPS) is 11.1. The molecule has 0 saturated heterocycles. The number of nitrogens with one attached hydrogen (secondary N) is 1. The SMILES string of the molecule is O=C(Nc1ccccc1)c1cc2cccc(N=Nc3cc(Cl)ccc3O)c2cc1O. The summed E-state index contributed by atoms with van der Waals surface area (Å²) < 4.78 is 0. The molecule has 0 aliphatic heterocycles. The van der Waals surface area contributed by atoms with Crippen LogP contribution in [0.1, 0.15) is 10.4 Å². The maximum atomic E-state index is 12.6. The summed E-state index contributed by atoms with van der Waals surface area (Å²) in [6, 6.07) is 21.8. The first-order valence-electron chi connectivity index (χ1n) is 9.03. The zero-order chi connectivity index (χ0) is 21.1. The summed E-state index contributed by atoms with van der Waals surface area (Å²) in [6.45, 7) is 0. The predicted octanol–water partition coefficient (Wildman–Crippen LogP) is 6.57. The number of phenolic OH excluding ortho intramolecular Hbond substituents is 2. The van der Waals surface area contributed by atoms with Gasteiger partial charge in [0.05, 0.1) is 11.3 Å². The van der Waals surface area contributed by atoms with Crippen molar-refractivity contribution >= 4 is 45.3 Å². The number of phenols is 2. The first kappa shape index (κ1) is 19.4. The van der Waals surface area contributed by atoms with E-state index >= 15 is 0 Å². The maximum Gasteiger partial charge on any atom is 0.259 e. The molecule has 6 nitrogen and oxygen atoms in total. The largest absolute Gasteiger partial charge is 0.507 e. The van der Waals surface area contributed by atoms with Crippen LogP contribution in [0.4, 0.5) is 17.1 Å². The number of azo groups is 1. The zero-order valence-electron chi connectivity index (χ0n) is 15.6. The topological polar surface area (TPSA) is 94.3 Å². The Morgan fingerprint density at radius 1 is 0.800 bits per heavy atom. The van der Waals surface area contributed by atoms with Crippen molar-refractivity contribution in [3.63, 3.8) is 0 Å². The number of hydrogen-bond donors (Lipinski definition) is 3. The second-order valence-corrected chi connectivity index (χ2v) is 6.96. The van der Waals surface area contributed by atoms with Gasteiger partial charge in [0, 0.05) is 16.1 Å². The number of rotatable bonds is 4. The molecule has 0 heterocycles. The van der Waals surface area contributed by atoms with Crippen LogP contribution in [0.2, 0.25) is 5.02 Å². The number of nitrogens with zero attached hydrogens (tertiary/aromatic N) is 2. The molecule has 4 aromatic rings. The van der Waals surface area contributed by atoms with Gasteiger partial charge in [-0.1, -0.05) is 41.9 Å². The van der Waals surface area contributed by atoms with Crippen molar-refractivity contribution in [3.05, 3.63) is 89.4 Å². The van der Waals surface area contributed by atoms with E-state index < -0.39 is 5.91 Å². The van der Waals surface area contributed by atoms with Crippen LogP contribution in [0, 0.1) is 0 Å². The van der Waals surface area contributed by atoms with Crippen molar-refractivity contribution in [2.45, 2.75) is 0 Å². The van der Waals surface area contributed by atoms with Gasteiger partial charge in [-0.25, -0.2) is 0 Å². The Balaban J connectivity index is 1.69. The highest BCUT2D eigenvalue weighted by Crippen LogP contribution is 2.35. The molecule has 0 spiro atoms. The highest BCUT2D eigenvalue weighted by molar-refractivity contribution is 6.30. The van der Waals surface area contributed by atoms with Crippen LogP contribution >= 0.6 is 11.6 Å². The summed E-state index contributed by atoms with van der Waals surface area (Å²) in [5.74, 6) is -0.647. The summed E-state index contributed by atoms with van der Waals surface area (Å²) in [5.41, 5.74) is 1.47. The average molecular weight is 418 g/mol. The Hall–Kier alpha value is -3.90. The molecule has 30 heavy (non-hydrogen) atoms. The monoisotopic (exact) mass is 417 g/mol. The van der Waals surface area contributed by atoms with E-state index in [1.807, 2.05) is 24.3 Å². The highest BCUT2D eigenvalue weighted by atomic mass is 35.5. The molecule has 0 aliphatic carbocycles. The molecule has 0 fully saturated rings. The minimum Gasteiger partial charge on any atom is -0.507 e. The first-order valence-corrected chi connectivity index (χ1v) is 9.41. The highest BCUT2D eigenvalue weighted by Gasteiger charge is 2.14. The van der Waals surface area contributed by atoms with E-state index in [0.29, 0.717) is 27.2 Å². The van der Waals surface area contributed by atoms with E-state index in [4.69, 9.17) is 11.6 Å². The number of hydrogen-bond acceptors (Lipinski definition) is 5. The van der Waals surface area contributed by atoms with E-state index in [2.05, 4.69) is 15.5 Å². The van der Waals surface area contributed by atoms with Gasteiger partial charge in [-0.2, -0.15) is 0 Å². The van der Waals surface area contributed by atoms with Crippen LogP contribution in [0.15, 0.2) is 89.1 Å². The molecule has 4 rings (SSSR count). The number of amides is 1. The lowest BCUT2D eigenvalue weighted by molar-refractivity contribution is 0.102. The lowest BCUT2D eigenvalue weighted by atomic mass is 10.0. The Labute approximate surface area is 177 Å². The first-order chi connectivity index (χ1) is 14.5. The number of carbonyl (C=O) groups is 1. The minimum atomic E-state index is -0.420. The standard InChI is InChI=1S/C23H16ClN3O3/c24-15-9-10-21(28)20(12-15)27-26-19-8-4-5-14-11-18(22(29)13-17(14)19)23(30)25-16-6-2-1-3-7-16/h1-13,28-29H,(H,25,30). The number of aromatic hydroxyl groups is 2. The summed E-state index contributed by atoms with van der Waals surface area (Å²) >= 11 is 5.94. The van der Waals surface area contributed by atoms with E-state index in [1.54, 1.807) is 36.4 Å². The Kier molecular flexibility index (Phi) is 5.32. The minimum absolute atomic E-state index is 0.0499. The average Bonchev–Trinajstić information content (AvgIpc) is 2.74. The molecule has 4 aromatic carbocycles. The molecule has 0 bridgehead atoms. The van der Waals surface area contributed by atoms with Crippen LogP contribution in [0.25, 0.3) is 10.8 Å². The van der Waals surface area contributed by atoms with Crippen LogP contribution in [-0.2, 0) is 0 Å². The number of benzene rings is 4. The second-order valence-electron chi connectivity index (χ2n) is 6.52. The fourth-order valence-corrected chi connectivity index (χ4v) is 3.14. The molecule has 0 atom stereocenters. The second kappa shape index (κ2) is 8.23. The fraction of sp³-hybridized carbons (Fsp3) is 0. The van der Waals surface area contributed by atoms with Crippen LogP contribution in [-0.4, -0.2) is 16.1 Å². The zero-order valence-corrected chi connectivity index (χ0v) is 16.3. The Bertz CT molecular complexity index is 1270. The third-order valence-corrected chi connectivity index (χ3v) is 4.69.